The lowest BCUT2D eigenvalue weighted by Crippen LogP contribution is -2.43. The summed E-state index contributed by atoms with van der Waals surface area (Å²) in [6, 6.07) is 18.3. The number of ether oxygens (including phenoxy) is 4. The van der Waals surface area contributed by atoms with Gasteiger partial charge in [-0.2, -0.15) is 23.1 Å². The molecule has 18 heteroatoms. The van der Waals surface area contributed by atoms with Crippen molar-refractivity contribution < 1.29 is 40.9 Å². The number of benzene rings is 2. The van der Waals surface area contributed by atoms with Crippen molar-refractivity contribution in [3.63, 3.8) is 0 Å². The van der Waals surface area contributed by atoms with E-state index in [0.29, 0.717) is 30.0 Å². The minimum absolute atomic E-state index is 0.00350. The monoisotopic (exact) mass is 885 g/mol. The summed E-state index contributed by atoms with van der Waals surface area (Å²) in [5.41, 5.74) is 4.50. The molecule has 0 bridgehead atoms. The van der Waals surface area contributed by atoms with Crippen LogP contribution >= 0.6 is 0 Å². The molecule has 336 valence electrons. The third-order valence-electron chi connectivity index (χ3n) is 12.0. The number of nitrogens with zero attached hydrogens (tertiary/aromatic N) is 7. The number of anilines is 3. The van der Waals surface area contributed by atoms with Crippen molar-refractivity contribution >= 4 is 28.4 Å². The number of nitrogen functional groups attached to an aromatic ring is 1. The van der Waals surface area contributed by atoms with Crippen LogP contribution in [0.1, 0.15) is 60.2 Å². The van der Waals surface area contributed by atoms with E-state index in [1.807, 2.05) is 29.2 Å². The number of hydrogen-bond acceptors (Lipinski definition) is 13. The molecule has 3 N–H and O–H groups in total. The van der Waals surface area contributed by atoms with Crippen LogP contribution in [-0.2, 0) is 19.3 Å². The van der Waals surface area contributed by atoms with Gasteiger partial charge in [0.1, 0.15) is 58.3 Å². The summed E-state index contributed by atoms with van der Waals surface area (Å²) >= 11 is 0. The number of hydrogen-bond donors (Lipinski definition) is 2. The quantitative estimate of drug-likeness (QED) is 0.0948. The van der Waals surface area contributed by atoms with Gasteiger partial charge in [0.25, 0.3) is 0 Å². The van der Waals surface area contributed by atoms with Crippen LogP contribution in [0, 0.1) is 12.7 Å². The first-order valence-corrected chi connectivity index (χ1v) is 20.7. The molecule has 6 aromatic rings. The number of alkyl halides is 4. The SMILES string of the molecule is COc1ccc(CN(Cc2ccc(OC)cc2)c2cc(-c3nc(OC)c4c(N[C@H](C)c5cccnc5N)nc(OC[C@@]56CCCN5C[C@H](F)C6)nc4c3F)c(C(F)(F)F)c(C)n2)cc1. The molecule has 13 nitrogen and oxygen atoms in total. The summed E-state index contributed by atoms with van der Waals surface area (Å²) in [6.45, 7) is 4.39. The molecule has 2 aliphatic rings. The van der Waals surface area contributed by atoms with Crippen molar-refractivity contribution in [3.8, 4) is 34.6 Å². The molecule has 2 aromatic carbocycles. The van der Waals surface area contributed by atoms with Crippen molar-refractivity contribution in [2.75, 3.05) is 57.0 Å². The second-order valence-corrected chi connectivity index (χ2v) is 16.1. The fourth-order valence-corrected chi connectivity index (χ4v) is 8.83. The lowest BCUT2D eigenvalue weighted by Gasteiger charge is -2.31. The van der Waals surface area contributed by atoms with Gasteiger partial charge in [-0.25, -0.2) is 23.7 Å². The first kappa shape index (κ1) is 44.1. The third kappa shape index (κ3) is 8.83. The number of nitrogens with one attached hydrogen (secondary N) is 1. The van der Waals surface area contributed by atoms with E-state index in [1.54, 1.807) is 62.4 Å². The second kappa shape index (κ2) is 17.9. The number of aromatic nitrogens is 5. The van der Waals surface area contributed by atoms with Crippen molar-refractivity contribution in [1.82, 2.24) is 29.8 Å². The van der Waals surface area contributed by atoms with Crippen LogP contribution in [-0.4, -0.2) is 82.6 Å². The minimum Gasteiger partial charge on any atom is -0.497 e. The van der Waals surface area contributed by atoms with Gasteiger partial charge in [0.2, 0.25) is 5.88 Å². The summed E-state index contributed by atoms with van der Waals surface area (Å²) in [5, 5.41) is 3.17. The molecule has 0 spiro atoms. The van der Waals surface area contributed by atoms with E-state index < -0.39 is 57.8 Å². The molecule has 0 saturated carbocycles. The standard InChI is InChI=1S/C46H48F5N9O4/c1-26(33-8-6-18-53-41(33)52)55-42-36-40(57-44(58-42)64-25-45-17-7-19-60(45)24-30(47)21-45)38(48)39(56-43(36)63-5)34-20-35(54-27(2)37(34)46(49,50)51)59(22-28-9-13-31(61-3)14-10-28)23-29-11-15-32(62-4)16-12-29/h6,8-16,18,20,26,30H,7,17,19,21-25H2,1-5H3,(H2,52,53)(H,55,57,58)/t26-,30-,45+/m1/s1. The van der Waals surface area contributed by atoms with Gasteiger partial charge in [-0.1, -0.05) is 30.3 Å². The highest BCUT2D eigenvalue weighted by molar-refractivity contribution is 5.97. The molecule has 4 aromatic heterocycles. The molecule has 2 aliphatic heterocycles. The molecule has 2 fully saturated rings. The molecular formula is C46H48F5N9O4. The Hall–Kier alpha value is -6.56. The van der Waals surface area contributed by atoms with Gasteiger partial charge >= 0.3 is 12.2 Å². The number of nitrogens with two attached hydrogens (primary N) is 1. The summed E-state index contributed by atoms with van der Waals surface area (Å²) in [5.74, 6) is 0.157. The predicted octanol–water partition coefficient (Wildman–Crippen LogP) is 8.89. The molecule has 8 rings (SSSR count). The van der Waals surface area contributed by atoms with Crippen molar-refractivity contribution in [2.24, 2.45) is 0 Å². The van der Waals surface area contributed by atoms with Gasteiger partial charge in [-0.3, -0.25) is 4.90 Å². The van der Waals surface area contributed by atoms with Crippen LogP contribution < -0.4 is 34.9 Å². The highest BCUT2D eigenvalue weighted by atomic mass is 19.4. The maximum absolute atomic E-state index is 17.6. The normalized spacial score (nSPS) is 17.9. The predicted molar refractivity (Wildman–Crippen MR) is 232 cm³/mol. The molecule has 0 radical (unpaired) electrons. The van der Waals surface area contributed by atoms with Gasteiger partial charge < -0.3 is 34.9 Å². The summed E-state index contributed by atoms with van der Waals surface area (Å²) in [6.07, 6.45) is -2.73. The van der Waals surface area contributed by atoms with Crippen LogP contribution in [0.15, 0.2) is 72.9 Å². The summed E-state index contributed by atoms with van der Waals surface area (Å²) in [7, 11) is 4.36. The topological polar surface area (TPSA) is 146 Å². The Bertz CT molecular complexity index is 2590. The zero-order valence-corrected chi connectivity index (χ0v) is 36.0. The number of pyridine rings is 3. The van der Waals surface area contributed by atoms with E-state index >= 15 is 17.6 Å². The summed E-state index contributed by atoms with van der Waals surface area (Å²) in [4.78, 5) is 26.1. The fourth-order valence-electron chi connectivity index (χ4n) is 8.83. The average molecular weight is 886 g/mol. The highest BCUT2D eigenvalue weighted by Crippen LogP contribution is 2.45. The van der Waals surface area contributed by atoms with E-state index in [4.69, 9.17) is 24.7 Å². The minimum atomic E-state index is -4.99. The van der Waals surface area contributed by atoms with E-state index in [2.05, 4.69) is 30.2 Å². The number of fused-ring (bicyclic) bond motifs is 2. The third-order valence-corrected chi connectivity index (χ3v) is 12.0. The Balaban J connectivity index is 1.29. The van der Waals surface area contributed by atoms with Crippen molar-refractivity contribution in [1.29, 1.82) is 0 Å². The Morgan fingerprint density at radius 3 is 2.22 bits per heavy atom. The number of methoxy groups -OCH3 is 3. The lowest BCUT2D eigenvalue weighted by molar-refractivity contribution is -0.137. The molecule has 0 amide bonds. The Kier molecular flexibility index (Phi) is 12.3. The van der Waals surface area contributed by atoms with Gasteiger partial charge in [-0.15, -0.1) is 0 Å². The van der Waals surface area contributed by atoms with E-state index in [-0.39, 0.29) is 67.4 Å². The van der Waals surface area contributed by atoms with E-state index in [9.17, 15) is 4.39 Å². The lowest BCUT2D eigenvalue weighted by atomic mass is 9.95. The molecule has 6 heterocycles. The van der Waals surface area contributed by atoms with Crippen LogP contribution in [0.5, 0.6) is 23.4 Å². The maximum atomic E-state index is 17.6. The second-order valence-electron chi connectivity index (χ2n) is 16.1. The Morgan fingerprint density at radius 2 is 1.61 bits per heavy atom. The van der Waals surface area contributed by atoms with Gasteiger partial charge in [0.15, 0.2) is 5.82 Å². The van der Waals surface area contributed by atoms with Crippen LogP contribution in [0.3, 0.4) is 0 Å². The first-order chi connectivity index (χ1) is 30.7. The van der Waals surface area contributed by atoms with E-state index in [1.165, 1.54) is 26.3 Å². The number of rotatable bonds is 15. The zero-order valence-electron chi connectivity index (χ0n) is 36.0. The molecule has 3 atom stereocenters. The molecule has 0 unspecified atom stereocenters. The van der Waals surface area contributed by atoms with Gasteiger partial charge in [0, 0.05) is 43.4 Å². The number of aryl methyl sites for hydroxylation is 1. The average Bonchev–Trinajstić information content (AvgIpc) is 3.81. The van der Waals surface area contributed by atoms with Crippen LogP contribution in [0.4, 0.5) is 39.4 Å². The molecule has 0 aliphatic carbocycles. The smallest absolute Gasteiger partial charge is 0.418 e. The zero-order chi connectivity index (χ0) is 45.3. The highest BCUT2D eigenvalue weighted by Gasteiger charge is 2.49. The number of halogens is 5. The Labute approximate surface area is 366 Å². The maximum Gasteiger partial charge on any atom is 0.418 e. The summed E-state index contributed by atoms with van der Waals surface area (Å²) < 4.78 is 101. The van der Waals surface area contributed by atoms with Crippen LogP contribution in [0.2, 0.25) is 0 Å². The molecule has 64 heavy (non-hydrogen) atoms. The van der Waals surface area contributed by atoms with Crippen molar-refractivity contribution in [2.45, 2.75) is 70.1 Å². The van der Waals surface area contributed by atoms with Crippen LogP contribution in [0.25, 0.3) is 22.2 Å². The van der Waals surface area contributed by atoms with Gasteiger partial charge in [-0.05, 0) is 80.8 Å². The van der Waals surface area contributed by atoms with Crippen molar-refractivity contribution in [3.05, 3.63) is 107 Å². The van der Waals surface area contributed by atoms with Gasteiger partial charge in [0.05, 0.1) is 44.2 Å². The van der Waals surface area contributed by atoms with E-state index in [0.717, 1.165) is 17.5 Å². The fraction of sp³-hybridized carbons (Fsp3) is 0.370. The first-order valence-electron chi connectivity index (χ1n) is 20.7. The molecular weight excluding hydrogens is 838 g/mol. The molecule has 2 saturated heterocycles. The Morgan fingerprint density at radius 1 is 0.938 bits per heavy atom. The largest absolute Gasteiger partial charge is 0.497 e.